The number of hydrogen-bond donors (Lipinski definition) is 0. The highest BCUT2D eigenvalue weighted by atomic mass is 35.5. The minimum atomic E-state index is -1.04. The number of carbonyl (C=O) groups is 2. The molecule has 2 aromatic carbocycles. The van der Waals surface area contributed by atoms with Crippen molar-refractivity contribution in [3.05, 3.63) is 82.1 Å². The monoisotopic (exact) mass is 644 g/mol. The summed E-state index contributed by atoms with van der Waals surface area (Å²) in [5.74, 6) is -1.01. The zero-order chi connectivity index (χ0) is 32.0. The normalized spacial score (nSPS) is 24.5. The zero-order valence-electron chi connectivity index (χ0n) is 25.4. The molecule has 0 aliphatic carbocycles. The second kappa shape index (κ2) is 12.2. The lowest BCUT2D eigenvalue weighted by atomic mass is 9.94. The van der Waals surface area contributed by atoms with E-state index in [1.54, 1.807) is 0 Å². The summed E-state index contributed by atoms with van der Waals surface area (Å²) in [5, 5.41) is 2.61. The third-order valence-electron chi connectivity index (χ3n) is 9.77. The molecule has 46 heavy (non-hydrogen) atoms. The average molecular weight is 645 g/mol. The van der Waals surface area contributed by atoms with Crippen molar-refractivity contribution in [2.24, 2.45) is 0 Å². The number of anilines is 1. The van der Waals surface area contributed by atoms with Gasteiger partial charge in [0.15, 0.2) is 5.83 Å². The summed E-state index contributed by atoms with van der Waals surface area (Å²) in [6.07, 6.45) is 2.48. The van der Waals surface area contributed by atoms with Crippen LogP contribution in [-0.4, -0.2) is 88.9 Å². The molecule has 238 valence electrons. The number of aromatic nitrogens is 2. The molecule has 12 heteroatoms. The lowest BCUT2D eigenvalue weighted by molar-refractivity contribution is -0.131. The molecule has 1 aromatic heterocycles. The summed E-state index contributed by atoms with van der Waals surface area (Å²) in [6, 6.07) is 11.5. The summed E-state index contributed by atoms with van der Waals surface area (Å²) in [4.78, 5) is 43.8. The number of halogens is 2. The van der Waals surface area contributed by atoms with Gasteiger partial charge in [-0.2, -0.15) is 9.97 Å². The largest absolute Gasteiger partial charge is 0.461 e. The van der Waals surface area contributed by atoms with Gasteiger partial charge in [-0.05, 0) is 36.4 Å². The Morgan fingerprint density at radius 2 is 2.04 bits per heavy atom. The van der Waals surface area contributed by atoms with Crippen LogP contribution >= 0.6 is 11.6 Å². The first kappa shape index (κ1) is 30.5. The smallest absolute Gasteiger partial charge is 0.318 e. The number of Topliss-reactive ketones (excluding diaryl/α,β-unsaturated/α-hetero) is 1. The fourth-order valence-electron chi connectivity index (χ4n) is 7.57. The van der Waals surface area contributed by atoms with Gasteiger partial charge in [0.05, 0.1) is 30.5 Å². The van der Waals surface area contributed by atoms with E-state index in [4.69, 9.17) is 37.6 Å². The molecule has 10 nitrogen and oxygen atoms in total. The fraction of sp³-hybridized carbons (Fsp3) is 0.441. The van der Waals surface area contributed by atoms with Gasteiger partial charge in [0, 0.05) is 48.4 Å². The van der Waals surface area contributed by atoms with E-state index in [9.17, 15) is 14.0 Å². The third-order valence-corrected chi connectivity index (χ3v) is 10.1. The quantitative estimate of drug-likeness (QED) is 0.270. The Kier molecular flexibility index (Phi) is 8.13. The second-order valence-electron chi connectivity index (χ2n) is 12.5. The van der Waals surface area contributed by atoms with E-state index in [0.717, 1.165) is 47.0 Å². The van der Waals surface area contributed by atoms with Gasteiger partial charge in [0.25, 0.3) is 5.91 Å². The number of amides is 1. The van der Waals surface area contributed by atoms with E-state index in [2.05, 4.69) is 16.3 Å². The maximum absolute atomic E-state index is 13.9. The van der Waals surface area contributed by atoms with Crippen LogP contribution < -0.4 is 9.64 Å². The minimum Gasteiger partial charge on any atom is -0.461 e. The van der Waals surface area contributed by atoms with E-state index in [0.29, 0.717) is 43.4 Å². The van der Waals surface area contributed by atoms with Crippen LogP contribution in [0, 0.1) is 6.57 Å². The molecule has 1 amide bonds. The van der Waals surface area contributed by atoms with Crippen molar-refractivity contribution in [1.29, 1.82) is 0 Å². The van der Waals surface area contributed by atoms with Crippen LogP contribution in [0.3, 0.4) is 0 Å². The molecule has 3 saturated heterocycles. The van der Waals surface area contributed by atoms with Crippen LogP contribution in [0.1, 0.15) is 42.2 Å². The third kappa shape index (κ3) is 5.48. The summed E-state index contributed by atoms with van der Waals surface area (Å²) < 4.78 is 26.7. The molecule has 2 unspecified atom stereocenters. The van der Waals surface area contributed by atoms with Crippen LogP contribution in [0.25, 0.3) is 15.6 Å². The molecule has 7 rings (SSSR count). The minimum absolute atomic E-state index is 0.0128. The van der Waals surface area contributed by atoms with Crippen LogP contribution in [0.5, 0.6) is 6.01 Å². The fourth-order valence-corrected chi connectivity index (χ4v) is 7.86. The topological polar surface area (TPSA) is 92.5 Å². The first-order valence-electron chi connectivity index (χ1n) is 15.6. The summed E-state index contributed by atoms with van der Waals surface area (Å²) in [5.41, 5.74) is 2.21. The lowest BCUT2D eigenvalue weighted by Crippen LogP contribution is -2.57. The molecule has 0 N–H and O–H groups in total. The van der Waals surface area contributed by atoms with Crippen LogP contribution in [0.4, 0.5) is 10.2 Å². The number of ketones is 1. The highest BCUT2D eigenvalue weighted by Gasteiger charge is 2.49. The molecule has 4 aliphatic heterocycles. The lowest BCUT2D eigenvalue weighted by Gasteiger charge is -2.40. The number of fused-ring (bicyclic) bond motifs is 3. The van der Waals surface area contributed by atoms with Gasteiger partial charge in [-0.3, -0.25) is 14.5 Å². The first-order chi connectivity index (χ1) is 22.3. The Hall–Kier alpha value is -4.11. The number of hydrogen-bond acceptors (Lipinski definition) is 8. The average Bonchev–Trinajstić information content (AvgIpc) is 3.58. The Morgan fingerprint density at radius 1 is 1.22 bits per heavy atom. The predicted molar refractivity (Wildman–Crippen MR) is 170 cm³/mol. The Morgan fingerprint density at radius 3 is 2.85 bits per heavy atom. The van der Waals surface area contributed by atoms with Crippen LogP contribution in [0.2, 0.25) is 5.02 Å². The predicted octanol–water partition coefficient (Wildman–Crippen LogP) is 4.70. The van der Waals surface area contributed by atoms with Crippen LogP contribution in [-0.2, 0) is 27.4 Å². The van der Waals surface area contributed by atoms with Crippen molar-refractivity contribution in [3.63, 3.8) is 0 Å². The molecular weight excluding hydrogens is 611 g/mol. The zero-order valence-corrected chi connectivity index (χ0v) is 26.1. The van der Waals surface area contributed by atoms with E-state index < -0.39 is 17.8 Å². The van der Waals surface area contributed by atoms with Crippen molar-refractivity contribution < 1.29 is 23.5 Å². The van der Waals surface area contributed by atoms with E-state index in [1.165, 1.54) is 4.90 Å². The maximum atomic E-state index is 13.9. The molecule has 4 aliphatic rings. The summed E-state index contributed by atoms with van der Waals surface area (Å²) in [6.45, 7) is 13.4. The number of carbonyl (C=O) groups excluding carboxylic acids is 2. The van der Waals surface area contributed by atoms with Crippen molar-refractivity contribution >= 4 is 39.9 Å². The SMILES string of the molecule is [C-]#[N+]C[C@H]1CN(c2nc(OCC34CCCN3CC(=O)C4)nc3c2COC(c2cccc4cccc(Cl)c24)C3)CCN1C(=O)C(=C)F. The number of benzene rings is 2. The molecule has 0 saturated carbocycles. The number of nitrogens with zero attached hydrogens (tertiary/aromatic N) is 6. The van der Waals surface area contributed by atoms with Crippen molar-refractivity contribution in [1.82, 2.24) is 19.8 Å². The van der Waals surface area contributed by atoms with Crippen molar-refractivity contribution in [3.8, 4) is 6.01 Å². The Bertz CT molecular complexity index is 1780. The van der Waals surface area contributed by atoms with Crippen molar-refractivity contribution in [2.75, 3.05) is 50.8 Å². The molecule has 3 atom stereocenters. The summed E-state index contributed by atoms with van der Waals surface area (Å²) in [7, 11) is 0. The molecular formula is C34H34ClFN6O4. The first-order valence-corrected chi connectivity index (χ1v) is 16.0. The van der Waals surface area contributed by atoms with Gasteiger partial charge in [-0.1, -0.05) is 48.5 Å². The summed E-state index contributed by atoms with van der Waals surface area (Å²) >= 11 is 6.67. The Balaban J connectivity index is 1.23. The molecule has 0 bridgehead atoms. The van der Waals surface area contributed by atoms with Gasteiger partial charge >= 0.3 is 6.01 Å². The standard InChI is InChI=1S/C34H34ClFN6O4/c1-21(36)32(44)42-13-12-40(17-23(42)16-37-2)31-26-19-45-29(25-8-3-6-22-7-4-9-27(35)30(22)25)14-28(26)38-33(39-31)46-20-34-10-5-11-41(34)18-24(43)15-34/h3-4,6-9,23,29H,1,5,10-20H2/t23-,29?,34?/m0/s1. The molecule has 3 aromatic rings. The molecule has 3 fully saturated rings. The highest BCUT2D eigenvalue weighted by Crippen LogP contribution is 2.41. The number of rotatable bonds is 7. The van der Waals surface area contributed by atoms with Crippen molar-refractivity contribution in [2.45, 2.75) is 50.0 Å². The molecule has 5 heterocycles. The maximum Gasteiger partial charge on any atom is 0.318 e. The van der Waals surface area contributed by atoms with Gasteiger partial charge < -0.3 is 24.1 Å². The van der Waals surface area contributed by atoms with Gasteiger partial charge in [-0.25, -0.2) is 11.0 Å². The van der Waals surface area contributed by atoms with E-state index in [1.807, 2.05) is 41.3 Å². The van der Waals surface area contributed by atoms with Gasteiger partial charge in [0.2, 0.25) is 6.54 Å². The van der Waals surface area contributed by atoms with Gasteiger partial charge in [-0.15, -0.1) is 0 Å². The highest BCUT2D eigenvalue weighted by molar-refractivity contribution is 6.35. The number of piperazine rings is 1. The molecule has 0 spiro atoms. The second-order valence-corrected chi connectivity index (χ2v) is 12.9. The van der Waals surface area contributed by atoms with Gasteiger partial charge in [0.1, 0.15) is 24.2 Å². The van der Waals surface area contributed by atoms with E-state index >= 15 is 0 Å². The Labute approximate surface area is 271 Å². The van der Waals surface area contributed by atoms with Crippen LogP contribution in [0.15, 0.2) is 48.8 Å². The molecule has 0 radical (unpaired) electrons. The number of ether oxygens (including phenoxy) is 2. The van der Waals surface area contributed by atoms with E-state index in [-0.39, 0.29) is 49.7 Å².